The third-order valence-corrected chi connectivity index (χ3v) is 2.46. The molecule has 0 radical (unpaired) electrons. The lowest BCUT2D eigenvalue weighted by Crippen LogP contribution is -2.35. The van der Waals surface area contributed by atoms with Crippen LogP contribution in [0.1, 0.15) is 13.8 Å². The fraction of sp³-hybridized carbons (Fsp3) is 0.875. The van der Waals surface area contributed by atoms with Gasteiger partial charge in [0.25, 0.3) is 0 Å². The summed E-state index contributed by atoms with van der Waals surface area (Å²) >= 11 is 5.45. The third-order valence-electron chi connectivity index (χ3n) is 2.21. The number of hydrogen-bond donors (Lipinski definition) is 1. The van der Waals surface area contributed by atoms with Gasteiger partial charge in [-0.05, 0) is 13.8 Å². The van der Waals surface area contributed by atoms with E-state index in [-0.39, 0.29) is 0 Å². The molecule has 0 bridgehead atoms. The summed E-state index contributed by atoms with van der Waals surface area (Å²) in [5.41, 5.74) is -1.27. The predicted molar refractivity (Wildman–Crippen MR) is 45.6 cm³/mol. The van der Waals surface area contributed by atoms with Gasteiger partial charge in [-0.25, -0.2) is 4.79 Å². The van der Waals surface area contributed by atoms with E-state index in [0.29, 0.717) is 0 Å². The molecule has 0 aromatic rings. The molecular weight excluding hydrogens is 212 g/mol. The van der Waals surface area contributed by atoms with Crippen LogP contribution in [-0.4, -0.2) is 40.7 Å². The molecule has 0 saturated carbocycles. The molecule has 2 heterocycles. The zero-order valence-corrected chi connectivity index (χ0v) is 8.52. The first-order valence-electron chi connectivity index (χ1n) is 4.29. The molecule has 2 saturated heterocycles. The monoisotopic (exact) mass is 222 g/mol. The minimum absolute atomic E-state index is 0.537. The molecule has 14 heavy (non-hydrogen) atoms. The van der Waals surface area contributed by atoms with Crippen LogP contribution in [0.25, 0.3) is 0 Å². The Morgan fingerprint density at radius 2 is 2.14 bits per heavy atom. The van der Waals surface area contributed by atoms with Gasteiger partial charge in [0.05, 0.1) is 0 Å². The van der Waals surface area contributed by atoms with Crippen LogP contribution in [0.3, 0.4) is 0 Å². The van der Waals surface area contributed by atoms with Crippen LogP contribution in [0.5, 0.6) is 0 Å². The van der Waals surface area contributed by atoms with Crippen molar-refractivity contribution in [1.82, 2.24) is 0 Å². The first-order chi connectivity index (χ1) is 6.41. The van der Waals surface area contributed by atoms with E-state index in [1.807, 2.05) is 0 Å². The first-order valence-corrected chi connectivity index (χ1v) is 4.73. The quantitative estimate of drug-likeness (QED) is 0.499. The maximum atomic E-state index is 11.3. The van der Waals surface area contributed by atoms with Crippen LogP contribution in [-0.2, 0) is 19.0 Å². The topological polar surface area (TPSA) is 65.0 Å². The Morgan fingerprint density at radius 3 is 2.71 bits per heavy atom. The number of aliphatic hydroxyl groups excluding tert-OH is 1. The average Bonchev–Trinajstić information content (AvgIpc) is 2.47. The zero-order chi connectivity index (χ0) is 10.5. The highest BCUT2D eigenvalue weighted by Crippen LogP contribution is 2.37. The van der Waals surface area contributed by atoms with Gasteiger partial charge in [0.2, 0.25) is 0 Å². The number of fused-ring (bicyclic) bond motifs is 1. The van der Waals surface area contributed by atoms with Gasteiger partial charge >= 0.3 is 5.97 Å². The molecule has 2 fully saturated rings. The molecule has 1 unspecified atom stereocenters. The molecule has 80 valence electrons. The summed E-state index contributed by atoms with van der Waals surface area (Å²) in [6, 6.07) is 0. The molecular formula is C8H11ClO5. The van der Waals surface area contributed by atoms with Crippen molar-refractivity contribution < 1.29 is 24.1 Å². The van der Waals surface area contributed by atoms with Gasteiger partial charge in [-0.2, -0.15) is 0 Å². The van der Waals surface area contributed by atoms with E-state index < -0.39 is 35.6 Å². The molecule has 0 amide bonds. The van der Waals surface area contributed by atoms with Gasteiger partial charge in [-0.3, -0.25) is 0 Å². The lowest BCUT2D eigenvalue weighted by Gasteiger charge is -2.21. The van der Waals surface area contributed by atoms with Gasteiger partial charge in [0.1, 0.15) is 6.10 Å². The summed E-state index contributed by atoms with van der Waals surface area (Å²) in [5, 5.41) is 9.14. The number of esters is 1. The predicted octanol–water partition coefficient (Wildman–Crippen LogP) is -0.0109. The highest BCUT2D eigenvalue weighted by molar-refractivity contribution is 6.20. The zero-order valence-electron chi connectivity index (χ0n) is 7.77. The van der Waals surface area contributed by atoms with Crippen LogP contribution in [0.15, 0.2) is 0 Å². The van der Waals surface area contributed by atoms with E-state index in [2.05, 4.69) is 0 Å². The van der Waals surface area contributed by atoms with Crippen molar-refractivity contribution in [3.05, 3.63) is 0 Å². The number of rotatable bonds is 1. The van der Waals surface area contributed by atoms with E-state index in [9.17, 15) is 4.79 Å². The van der Waals surface area contributed by atoms with Crippen molar-refractivity contribution in [3.63, 3.8) is 0 Å². The molecule has 1 N–H and O–H groups in total. The summed E-state index contributed by atoms with van der Waals surface area (Å²) in [7, 11) is 0. The largest absolute Gasteiger partial charge is 0.453 e. The van der Waals surface area contributed by atoms with Gasteiger partial charge < -0.3 is 19.3 Å². The van der Waals surface area contributed by atoms with Crippen molar-refractivity contribution in [2.45, 2.75) is 43.5 Å². The molecule has 4 atom stereocenters. The molecule has 0 aromatic carbocycles. The van der Waals surface area contributed by atoms with E-state index >= 15 is 0 Å². The summed E-state index contributed by atoms with van der Waals surface area (Å²) in [6.45, 7) is 3.38. The Balaban J connectivity index is 2.19. The second-order valence-corrected chi connectivity index (χ2v) is 4.24. The van der Waals surface area contributed by atoms with Crippen LogP contribution in [0.2, 0.25) is 0 Å². The SMILES string of the molecule is CC1(C)O[C@@H]2[C@@H](C(O)Cl)OC(=O)[C@@H]2O1. The summed E-state index contributed by atoms with van der Waals surface area (Å²) in [5.74, 6) is -1.37. The number of carbonyl (C=O) groups excluding carboxylic acids is 1. The highest BCUT2D eigenvalue weighted by atomic mass is 35.5. The minimum Gasteiger partial charge on any atom is -0.453 e. The maximum Gasteiger partial charge on any atom is 0.338 e. The van der Waals surface area contributed by atoms with Gasteiger partial charge in [-0.15, -0.1) is 0 Å². The van der Waals surface area contributed by atoms with E-state index in [1.165, 1.54) is 0 Å². The third kappa shape index (κ3) is 1.50. The number of ether oxygens (including phenoxy) is 3. The number of aliphatic hydroxyl groups is 1. The lowest BCUT2D eigenvalue weighted by molar-refractivity contribution is -0.190. The van der Waals surface area contributed by atoms with Gasteiger partial charge in [-0.1, -0.05) is 11.6 Å². The Morgan fingerprint density at radius 1 is 1.50 bits per heavy atom. The van der Waals surface area contributed by atoms with E-state index in [0.717, 1.165) is 0 Å². The van der Waals surface area contributed by atoms with E-state index in [4.69, 9.17) is 30.9 Å². The summed E-state index contributed by atoms with van der Waals surface area (Å²) in [6.07, 6.45) is -2.25. The molecule has 2 rings (SSSR count). The molecule has 6 heteroatoms. The second-order valence-electron chi connectivity index (χ2n) is 3.79. The summed E-state index contributed by atoms with van der Waals surface area (Å²) < 4.78 is 15.5. The van der Waals surface area contributed by atoms with Crippen molar-refractivity contribution in [3.8, 4) is 0 Å². The maximum absolute atomic E-state index is 11.3. The molecule has 0 spiro atoms. The smallest absolute Gasteiger partial charge is 0.338 e. The Hall–Kier alpha value is -0.360. The number of alkyl halides is 1. The van der Waals surface area contributed by atoms with Crippen LogP contribution >= 0.6 is 11.6 Å². The molecule has 2 aliphatic rings. The Labute approximate surface area is 85.9 Å². The molecule has 2 aliphatic heterocycles. The van der Waals surface area contributed by atoms with Crippen molar-refractivity contribution in [1.29, 1.82) is 0 Å². The van der Waals surface area contributed by atoms with Crippen molar-refractivity contribution in [2.24, 2.45) is 0 Å². The number of cyclic esters (lactones) is 1. The number of hydrogen-bond acceptors (Lipinski definition) is 5. The van der Waals surface area contributed by atoms with Crippen LogP contribution < -0.4 is 0 Å². The average molecular weight is 223 g/mol. The first kappa shape index (κ1) is 10.2. The molecule has 5 nitrogen and oxygen atoms in total. The second kappa shape index (κ2) is 3.06. The van der Waals surface area contributed by atoms with Crippen LogP contribution in [0.4, 0.5) is 0 Å². The van der Waals surface area contributed by atoms with Crippen molar-refractivity contribution in [2.75, 3.05) is 0 Å². The number of halogens is 1. The minimum atomic E-state index is -1.27. The molecule has 0 aromatic heterocycles. The standard InChI is InChI=1S/C8H11ClO5/c1-8(2)13-3-4(6(9)10)12-7(11)5(3)14-8/h3-6,10H,1-2H3/t3-,4+,5-,6?/m1/s1. The van der Waals surface area contributed by atoms with Gasteiger partial charge in [0.15, 0.2) is 23.6 Å². The van der Waals surface area contributed by atoms with Crippen molar-refractivity contribution >= 4 is 17.6 Å². The fourth-order valence-electron chi connectivity index (χ4n) is 1.69. The Kier molecular flexibility index (Phi) is 2.23. The Bertz CT molecular complexity index is 264. The fourth-order valence-corrected chi connectivity index (χ4v) is 1.89. The summed E-state index contributed by atoms with van der Waals surface area (Å²) in [4.78, 5) is 11.3. The van der Waals surface area contributed by atoms with E-state index in [1.54, 1.807) is 13.8 Å². The van der Waals surface area contributed by atoms with Gasteiger partial charge in [0, 0.05) is 0 Å². The lowest BCUT2D eigenvalue weighted by atomic mass is 10.1. The molecule has 0 aliphatic carbocycles. The number of carbonyl (C=O) groups is 1. The normalized spacial score (nSPS) is 42.0. The highest BCUT2D eigenvalue weighted by Gasteiger charge is 2.57. The van der Waals surface area contributed by atoms with Crippen LogP contribution in [0, 0.1) is 0 Å².